The molecule has 0 aliphatic carbocycles. The molecule has 2 aliphatic heterocycles. The lowest BCUT2D eigenvalue weighted by Gasteiger charge is -2.35. The smallest absolute Gasteiger partial charge is 0.135 e. The molecule has 2 aromatic carbocycles. The van der Waals surface area contributed by atoms with Crippen LogP contribution in [0.3, 0.4) is 0 Å². The molecule has 1 aromatic heterocycles. The number of likely N-dealkylation sites (tertiary alicyclic amines) is 1. The summed E-state index contributed by atoms with van der Waals surface area (Å²) in [5.41, 5.74) is 2.81. The van der Waals surface area contributed by atoms with Gasteiger partial charge in [-0.3, -0.25) is 4.90 Å². The van der Waals surface area contributed by atoms with E-state index in [9.17, 15) is 8.78 Å². The third kappa shape index (κ3) is 3.23. The third-order valence-corrected chi connectivity index (χ3v) is 5.75. The van der Waals surface area contributed by atoms with Gasteiger partial charge in [0.1, 0.15) is 29.7 Å². The Bertz CT molecular complexity index is 984. The Hall–Kier alpha value is -2.57. The van der Waals surface area contributed by atoms with Gasteiger partial charge >= 0.3 is 0 Å². The topological polar surface area (TPSA) is 30.3 Å². The molecule has 3 heterocycles. The Labute approximate surface area is 162 Å². The Balaban J connectivity index is 1.35. The Morgan fingerprint density at radius 1 is 0.964 bits per heavy atom. The largest absolute Gasteiger partial charge is 0.364 e. The number of hydrogen-bond acceptors (Lipinski definition) is 3. The number of ether oxygens (including phenoxy) is 1. The summed E-state index contributed by atoms with van der Waals surface area (Å²) >= 11 is 0. The summed E-state index contributed by atoms with van der Waals surface area (Å²) in [6.07, 6.45) is 2.78. The number of aromatic nitrogens is 2. The first-order chi connectivity index (χ1) is 13.6. The first-order valence-corrected chi connectivity index (χ1v) is 9.51. The molecule has 5 rings (SSSR count). The van der Waals surface area contributed by atoms with Crippen LogP contribution in [0.2, 0.25) is 0 Å². The second kappa shape index (κ2) is 6.79. The van der Waals surface area contributed by atoms with E-state index in [-0.39, 0.29) is 17.2 Å². The molecule has 4 nitrogen and oxygen atoms in total. The summed E-state index contributed by atoms with van der Waals surface area (Å²) in [7, 11) is 0. The van der Waals surface area contributed by atoms with Crippen LogP contribution in [0, 0.1) is 11.6 Å². The molecule has 6 heteroatoms. The van der Waals surface area contributed by atoms with E-state index in [4.69, 9.17) is 4.74 Å². The fourth-order valence-corrected chi connectivity index (χ4v) is 4.27. The van der Waals surface area contributed by atoms with Gasteiger partial charge in [-0.2, -0.15) is 0 Å². The van der Waals surface area contributed by atoms with Crippen LogP contribution >= 0.6 is 0 Å². The molecule has 0 amide bonds. The maximum atomic E-state index is 13.3. The minimum atomic E-state index is -0.248. The van der Waals surface area contributed by atoms with Gasteiger partial charge in [-0.05, 0) is 53.9 Å². The highest BCUT2D eigenvalue weighted by Gasteiger charge is 2.43. The van der Waals surface area contributed by atoms with Gasteiger partial charge in [-0.1, -0.05) is 12.1 Å². The van der Waals surface area contributed by atoms with Crippen molar-refractivity contribution in [1.29, 1.82) is 0 Å². The normalized spacial score (nSPS) is 21.9. The minimum absolute atomic E-state index is 0.210. The van der Waals surface area contributed by atoms with Crippen molar-refractivity contribution >= 4 is 0 Å². The number of nitrogens with zero attached hydrogens (tertiary/aromatic N) is 3. The molecule has 0 radical (unpaired) electrons. The monoisotopic (exact) mass is 381 g/mol. The molecule has 0 N–H and O–H groups in total. The summed E-state index contributed by atoms with van der Waals surface area (Å²) in [6.45, 7) is 3.76. The Morgan fingerprint density at radius 2 is 1.68 bits per heavy atom. The first kappa shape index (κ1) is 17.5. The van der Waals surface area contributed by atoms with Crippen LogP contribution in [-0.4, -0.2) is 33.1 Å². The van der Waals surface area contributed by atoms with Gasteiger partial charge in [0.2, 0.25) is 0 Å². The molecule has 1 atom stereocenters. The molecule has 1 spiro atoms. The quantitative estimate of drug-likeness (QED) is 0.687. The van der Waals surface area contributed by atoms with Gasteiger partial charge in [0.25, 0.3) is 0 Å². The highest BCUT2D eigenvalue weighted by Crippen LogP contribution is 2.35. The first-order valence-electron chi connectivity index (χ1n) is 9.51. The van der Waals surface area contributed by atoms with E-state index >= 15 is 0 Å². The van der Waals surface area contributed by atoms with Crippen LogP contribution in [0.1, 0.15) is 17.8 Å². The van der Waals surface area contributed by atoms with Crippen molar-refractivity contribution < 1.29 is 13.5 Å². The lowest BCUT2D eigenvalue weighted by Crippen LogP contribution is -2.44. The average Bonchev–Trinajstić information content (AvgIpc) is 3.29. The molecular weight excluding hydrogens is 360 g/mol. The lowest BCUT2D eigenvalue weighted by molar-refractivity contribution is -0.0821. The molecule has 1 fully saturated rings. The maximum absolute atomic E-state index is 13.3. The van der Waals surface area contributed by atoms with Crippen LogP contribution in [0.15, 0.2) is 54.7 Å². The summed E-state index contributed by atoms with van der Waals surface area (Å²) in [5.74, 6) is 0.453. The van der Waals surface area contributed by atoms with E-state index in [1.807, 2.05) is 18.3 Å². The SMILES string of the molecule is Fc1ccc(CN2CCC3(C2)Cn2c(-c4ccc(F)cc4)cnc2CO3)cc1. The van der Waals surface area contributed by atoms with Gasteiger partial charge in [-0.25, -0.2) is 13.8 Å². The Morgan fingerprint density at radius 3 is 2.43 bits per heavy atom. The van der Waals surface area contributed by atoms with Crippen molar-refractivity contribution in [3.8, 4) is 11.3 Å². The number of halogens is 2. The lowest BCUT2D eigenvalue weighted by atomic mass is 10.0. The molecule has 1 unspecified atom stereocenters. The molecular formula is C22H21F2N3O. The van der Waals surface area contributed by atoms with Crippen molar-refractivity contribution in [2.45, 2.75) is 31.7 Å². The van der Waals surface area contributed by atoms with Crippen molar-refractivity contribution in [2.75, 3.05) is 13.1 Å². The average molecular weight is 381 g/mol. The van der Waals surface area contributed by atoms with Gasteiger partial charge in [-0.15, -0.1) is 0 Å². The van der Waals surface area contributed by atoms with E-state index in [0.29, 0.717) is 6.61 Å². The van der Waals surface area contributed by atoms with Crippen LogP contribution in [0.25, 0.3) is 11.3 Å². The van der Waals surface area contributed by atoms with E-state index in [2.05, 4.69) is 14.5 Å². The summed E-state index contributed by atoms with van der Waals surface area (Å²) < 4.78 is 34.9. The molecule has 2 aliphatic rings. The van der Waals surface area contributed by atoms with Crippen molar-refractivity contribution in [3.05, 3.63) is 77.8 Å². The van der Waals surface area contributed by atoms with E-state index < -0.39 is 0 Å². The predicted molar refractivity (Wildman–Crippen MR) is 101 cm³/mol. The van der Waals surface area contributed by atoms with Crippen LogP contribution in [-0.2, 0) is 24.4 Å². The number of fused-ring (bicyclic) bond motifs is 1. The number of imidazole rings is 1. The van der Waals surface area contributed by atoms with E-state index in [1.54, 1.807) is 12.1 Å². The second-order valence-electron chi connectivity index (χ2n) is 7.71. The molecule has 0 saturated carbocycles. The minimum Gasteiger partial charge on any atom is -0.364 e. The zero-order chi connectivity index (χ0) is 19.1. The van der Waals surface area contributed by atoms with Crippen LogP contribution in [0.4, 0.5) is 8.78 Å². The fraction of sp³-hybridized carbons (Fsp3) is 0.318. The predicted octanol–water partition coefficient (Wildman–Crippen LogP) is 4.00. The highest BCUT2D eigenvalue weighted by atomic mass is 19.1. The molecule has 144 valence electrons. The zero-order valence-corrected chi connectivity index (χ0v) is 15.4. The summed E-state index contributed by atoms with van der Waals surface area (Å²) in [5, 5.41) is 0. The molecule has 28 heavy (non-hydrogen) atoms. The van der Waals surface area contributed by atoms with Crippen molar-refractivity contribution in [3.63, 3.8) is 0 Å². The highest BCUT2D eigenvalue weighted by molar-refractivity contribution is 5.59. The standard InChI is InChI=1S/C22H21F2N3O/c23-18-5-1-16(2-6-18)12-26-10-9-22(14-26)15-27-20(11-25-21(27)13-28-22)17-3-7-19(24)8-4-17/h1-8,11H,9-10,12-15H2. The molecule has 0 bridgehead atoms. The van der Waals surface area contributed by atoms with Gasteiger partial charge in [0.05, 0.1) is 18.4 Å². The van der Waals surface area contributed by atoms with E-state index in [1.165, 1.54) is 24.3 Å². The van der Waals surface area contributed by atoms with Crippen LogP contribution in [0.5, 0.6) is 0 Å². The Kier molecular flexibility index (Phi) is 4.25. The summed E-state index contributed by atoms with van der Waals surface area (Å²) in [6, 6.07) is 13.2. The van der Waals surface area contributed by atoms with Gasteiger partial charge in [0.15, 0.2) is 0 Å². The third-order valence-electron chi connectivity index (χ3n) is 5.75. The maximum Gasteiger partial charge on any atom is 0.135 e. The van der Waals surface area contributed by atoms with Crippen LogP contribution < -0.4 is 0 Å². The van der Waals surface area contributed by atoms with E-state index in [0.717, 1.165) is 55.2 Å². The van der Waals surface area contributed by atoms with Crippen molar-refractivity contribution in [2.24, 2.45) is 0 Å². The molecule has 3 aromatic rings. The van der Waals surface area contributed by atoms with Crippen molar-refractivity contribution in [1.82, 2.24) is 14.5 Å². The fourth-order valence-electron chi connectivity index (χ4n) is 4.27. The zero-order valence-electron chi connectivity index (χ0n) is 15.4. The van der Waals surface area contributed by atoms with Gasteiger partial charge in [0, 0.05) is 19.6 Å². The second-order valence-corrected chi connectivity index (χ2v) is 7.71. The number of benzene rings is 2. The molecule has 1 saturated heterocycles. The number of rotatable bonds is 3. The summed E-state index contributed by atoms with van der Waals surface area (Å²) in [4.78, 5) is 6.85. The van der Waals surface area contributed by atoms with Gasteiger partial charge < -0.3 is 9.30 Å². The number of hydrogen-bond donors (Lipinski definition) is 0.